The largest absolute Gasteiger partial charge is 0.389 e. The lowest BCUT2D eigenvalue weighted by molar-refractivity contribution is -0.0245. The van der Waals surface area contributed by atoms with E-state index in [1.165, 1.54) is 5.69 Å². The van der Waals surface area contributed by atoms with Crippen molar-refractivity contribution in [2.24, 2.45) is 12.5 Å². The van der Waals surface area contributed by atoms with Crippen LogP contribution in [0, 0.1) is 5.41 Å². The molecule has 1 aromatic rings. The van der Waals surface area contributed by atoms with E-state index in [2.05, 4.69) is 49.1 Å². The van der Waals surface area contributed by atoms with E-state index in [0.29, 0.717) is 12.0 Å². The van der Waals surface area contributed by atoms with Crippen LogP contribution >= 0.6 is 0 Å². The highest BCUT2D eigenvalue weighted by molar-refractivity contribution is 5.06. The Bertz CT molecular complexity index is 385. The number of nitrogens with zero attached hydrogens (tertiary/aromatic N) is 1. The van der Waals surface area contributed by atoms with Crippen molar-refractivity contribution in [3.63, 3.8) is 0 Å². The number of aromatic nitrogens is 1. The fourth-order valence-corrected chi connectivity index (χ4v) is 2.67. The van der Waals surface area contributed by atoms with E-state index in [9.17, 15) is 5.11 Å². The molecule has 1 aliphatic rings. The van der Waals surface area contributed by atoms with Crippen molar-refractivity contribution in [1.29, 1.82) is 0 Å². The third-order valence-electron chi connectivity index (χ3n) is 4.35. The van der Waals surface area contributed by atoms with E-state index in [4.69, 9.17) is 0 Å². The summed E-state index contributed by atoms with van der Waals surface area (Å²) in [5, 5.41) is 13.9. The Morgan fingerprint density at radius 2 is 1.94 bits per heavy atom. The SMILES string of the molecule is Cn1cccc1CNCC1(O)CCC(C)(C)CC1. The molecule has 0 bridgehead atoms. The molecule has 3 nitrogen and oxygen atoms in total. The maximum atomic E-state index is 10.5. The summed E-state index contributed by atoms with van der Waals surface area (Å²) in [5.41, 5.74) is 1.17. The number of hydrogen-bond acceptors (Lipinski definition) is 2. The molecule has 1 heterocycles. The maximum Gasteiger partial charge on any atom is 0.0772 e. The van der Waals surface area contributed by atoms with Gasteiger partial charge in [-0.15, -0.1) is 0 Å². The minimum Gasteiger partial charge on any atom is -0.389 e. The molecular weight excluding hydrogens is 224 g/mol. The van der Waals surface area contributed by atoms with Crippen LogP contribution in [-0.2, 0) is 13.6 Å². The molecule has 18 heavy (non-hydrogen) atoms. The molecule has 0 aromatic carbocycles. The standard InChI is InChI=1S/C15H26N2O/c1-14(2)6-8-15(18,9-7-14)12-16-11-13-5-4-10-17(13)3/h4-5,10,16,18H,6-9,11-12H2,1-3H3. The van der Waals surface area contributed by atoms with Gasteiger partial charge in [0.25, 0.3) is 0 Å². The summed E-state index contributed by atoms with van der Waals surface area (Å²) < 4.78 is 2.11. The average molecular weight is 250 g/mol. The van der Waals surface area contributed by atoms with Crippen LogP contribution in [0.15, 0.2) is 18.3 Å². The molecular formula is C15H26N2O. The van der Waals surface area contributed by atoms with Gasteiger partial charge in [0.15, 0.2) is 0 Å². The van der Waals surface area contributed by atoms with Gasteiger partial charge < -0.3 is 15.0 Å². The molecule has 2 N–H and O–H groups in total. The smallest absolute Gasteiger partial charge is 0.0772 e. The molecule has 0 amide bonds. The first-order chi connectivity index (χ1) is 8.40. The maximum absolute atomic E-state index is 10.5. The number of nitrogens with one attached hydrogen (secondary N) is 1. The van der Waals surface area contributed by atoms with E-state index in [-0.39, 0.29) is 0 Å². The fourth-order valence-electron chi connectivity index (χ4n) is 2.67. The zero-order valence-electron chi connectivity index (χ0n) is 11.9. The Kier molecular flexibility index (Phi) is 3.83. The third kappa shape index (κ3) is 3.36. The normalized spacial score (nSPS) is 22.0. The van der Waals surface area contributed by atoms with Crippen LogP contribution in [0.2, 0.25) is 0 Å². The zero-order valence-corrected chi connectivity index (χ0v) is 11.9. The van der Waals surface area contributed by atoms with E-state index in [0.717, 1.165) is 32.2 Å². The Hall–Kier alpha value is -0.800. The van der Waals surface area contributed by atoms with Gasteiger partial charge in [-0.05, 0) is 43.2 Å². The molecule has 1 saturated carbocycles. The second-order valence-electron chi connectivity index (χ2n) is 6.60. The van der Waals surface area contributed by atoms with Crippen LogP contribution in [0.5, 0.6) is 0 Å². The minimum absolute atomic E-state index is 0.407. The lowest BCUT2D eigenvalue weighted by Crippen LogP contribution is -2.44. The first kappa shape index (κ1) is 13.6. The molecule has 0 saturated heterocycles. The minimum atomic E-state index is -0.499. The van der Waals surface area contributed by atoms with Crippen molar-refractivity contribution in [2.45, 2.75) is 51.7 Å². The van der Waals surface area contributed by atoms with Crippen LogP contribution in [-0.4, -0.2) is 21.8 Å². The van der Waals surface area contributed by atoms with E-state index in [1.54, 1.807) is 0 Å². The molecule has 0 spiro atoms. The van der Waals surface area contributed by atoms with Gasteiger partial charge in [0.2, 0.25) is 0 Å². The molecule has 0 radical (unpaired) electrons. The molecule has 1 aliphatic carbocycles. The van der Waals surface area contributed by atoms with E-state index >= 15 is 0 Å². The quantitative estimate of drug-likeness (QED) is 0.861. The topological polar surface area (TPSA) is 37.2 Å². The number of aliphatic hydroxyl groups is 1. The second-order valence-corrected chi connectivity index (χ2v) is 6.60. The van der Waals surface area contributed by atoms with Gasteiger partial charge in [0.05, 0.1) is 5.60 Å². The lowest BCUT2D eigenvalue weighted by atomic mass is 9.71. The fraction of sp³-hybridized carbons (Fsp3) is 0.733. The molecule has 2 rings (SSSR count). The van der Waals surface area contributed by atoms with Gasteiger partial charge >= 0.3 is 0 Å². The van der Waals surface area contributed by atoms with Gasteiger partial charge in [0, 0.05) is 32.0 Å². The monoisotopic (exact) mass is 250 g/mol. The summed E-state index contributed by atoms with van der Waals surface area (Å²) >= 11 is 0. The van der Waals surface area contributed by atoms with Crippen molar-refractivity contribution >= 4 is 0 Å². The Labute approximate surface area is 110 Å². The predicted octanol–water partition coefficient (Wildman–Crippen LogP) is 2.45. The lowest BCUT2D eigenvalue weighted by Gasteiger charge is -2.40. The molecule has 0 atom stereocenters. The predicted molar refractivity (Wildman–Crippen MR) is 74.3 cm³/mol. The highest BCUT2D eigenvalue weighted by atomic mass is 16.3. The summed E-state index contributed by atoms with van der Waals surface area (Å²) in [6, 6.07) is 4.16. The van der Waals surface area contributed by atoms with Gasteiger partial charge in [0.1, 0.15) is 0 Å². The summed E-state index contributed by atoms with van der Waals surface area (Å²) in [6.45, 7) is 6.12. The van der Waals surface area contributed by atoms with Crippen LogP contribution in [0.4, 0.5) is 0 Å². The Morgan fingerprint density at radius 3 is 2.50 bits per heavy atom. The van der Waals surface area contributed by atoms with Gasteiger partial charge in [-0.3, -0.25) is 0 Å². The second kappa shape index (κ2) is 5.06. The molecule has 0 aliphatic heterocycles. The molecule has 1 fully saturated rings. The number of hydrogen-bond donors (Lipinski definition) is 2. The number of rotatable bonds is 4. The van der Waals surface area contributed by atoms with Crippen molar-refractivity contribution < 1.29 is 5.11 Å². The van der Waals surface area contributed by atoms with Crippen molar-refractivity contribution in [2.75, 3.05) is 6.54 Å². The van der Waals surface area contributed by atoms with Crippen molar-refractivity contribution in [1.82, 2.24) is 9.88 Å². The van der Waals surface area contributed by atoms with Crippen LogP contribution < -0.4 is 5.32 Å². The average Bonchev–Trinajstić information content (AvgIpc) is 2.70. The molecule has 0 unspecified atom stereocenters. The molecule has 1 aromatic heterocycles. The van der Waals surface area contributed by atoms with E-state index in [1.807, 2.05) is 0 Å². The zero-order chi connectivity index (χ0) is 13.2. The number of aryl methyl sites for hydroxylation is 1. The van der Waals surface area contributed by atoms with Gasteiger partial charge in [-0.2, -0.15) is 0 Å². The van der Waals surface area contributed by atoms with Gasteiger partial charge in [-0.1, -0.05) is 13.8 Å². The first-order valence-corrected chi connectivity index (χ1v) is 6.94. The summed E-state index contributed by atoms with van der Waals surface area (Å²) in [6.07, 6.45) is 6.12. The summed E-state index contributed by atoms with van der Waals surface area (Å²) in [7, 11) is 2.05. The van der Waals surface area contributed by atoms with Crippen LogP contribution in [0.25, 0.3) is 0 Å². The third-order valence-corrected chi connectivity index (χ3v) is 4.35. The molecule has 102 valence electrons. The summed E-state index contributed by atoms with van der Waals surface area (Å²) in [4.78, 5) is 0. The van der Waals surface area contributed by atoms with Crippen LogP contribution in [0.1, 0.15) is 45.2 Å². The Balaban J connectivity index is 1.78. The van der Waals surface area contributed by atoms with Crippen LogP contribution in [0.3, 0.4) is 0 Å². The van der Waals surface area contributed by atoms with E-state index < -0.39 is 5.60 Å². The highest BCUT2D eigenvalue weighted by Gasteiger charge is 2.36. The van der Waals surface area contributed by atoms with Crippen molar-refractivity contribution in [3.8, 4) is 0 Å². The highest BCUT2D eigenvalue weighted by Crippen LogP contribution is 2.39. The van der Waals surface area contributed by atoms with Crippen molar-refractivity contribution in [3.05, 3.63) is 24.0 Å². The van der Waals surface area contributed by atoms with Gasteiger partial charge in [-0.25, -0.2) is 0 Å². The Morgan fingerprint density at radius 1 is 1.28 bits per heavy atom. The summed E-state index contributed by atoms with van der Waals surface area (Å²) in [5.74, 6) is 0. The molecule has 3 heteroatoms. The first-order valence-electron chi connectivity index (χ1n) is 6.94.